The van der Waals surface area contributed by atoms with E-state index in [4.69, 9.17) is 11.5 Å². The Kier molecular flexibility index (Phi) is 13.3. The summed E-state index contributed by atoms with van der Waals surface area (Å²) in [4.78, 5) is 51.0. The molecule has 0 aromatic heterocycles. The van der Waals surface area contributed by atoms with E-state index in [0.717, 1.165) is 5.56 Å². The molecule has 0 aliphatic rings. The minimum Gasteiger partial charge on any atom is -0.508 e. The number of benzene rings is 2. The van der Waals surface area contributed by atoms with E-state index >= 15 is 0 Å². The molecule has 0 spiro atoms. The summed E-state index contributed by atoms with van der Waals surface area (Å²) >= 11 is 4.03. The van der Waals surface area contributed by atoms with Gasteiger partial charge in [0.05, 0.1) is 6.04 Å². The number of carbonyl (C=O) groups excluding carboxylic acids is 3. The minimum absolute atomic E-state index is 0.0426. The quantitative estimate of drug-likeness (QED) is 0.105. The molecule has 0 saturated carbocycles. The molecular formula is C27H37N5O6S. The fourth-order valence-electron chi connectivity index (χ4n) is 3.79. The zero-order valence-electron chi connectivity index (χ0n) is 21.6. The highest BCUT2D eigenvalue weighted by molar-refractivity contribution is 7.80. The number of carbonyl (C=O) groups is 4. The predicted octanol–water partition coefficient (Wildman–Crippen LogP) is 0.103. The molecule has 0 heterocycles. The second-order valence-electron chi connectivity index (χ2n) is 9.16. The highest BCUT2D eigenvalue weighted by Gasteiger charge is 2.30. The molecule has 0 saturated heterocycles. The van der Waals surface area contributed by atoms with E-state index < -0.39 is 47.9 Å². The molecule has 2 aromatic rings. The Morgan fingerprint density at radius 1 is 0.769 bits per heavy atom. The van der Waals surface area contributed by atoms with Gasteiger partial charge in [-0.2, -0.15) is 12.6 Å². The Bertz CT molecular complexity index is 1090. The third-order valence-electron chi connectivity index (χ3n) is 6.02. The number of hydrogen-bond acceptors (Lipinski definition) is 8. The monoisotopic (exact) mass is 559 g/mol. The number of nitrogens with one attached hydrogen (secondary N) is 3. The van der Waals surface area contributed by atoms with E-state index in [9.17, 15) is 29.4 Å². The highest BCUT2D eigenvalue weighted by atomic mass is 32.1. The van der Waals surface area contributed by atoms with Gasteiger partial charge in [0.2, 0.25) is 17.7 Å². The lowest BCUT2D eigenvalue weighted by atomic mass is 10.0. The number of phenolic OH excluding ortho intramolecular Hbond substituents is 1. The number of amides is 3. The number of unbranched alkanes of at least 4 members (excludes halogenated alkanes) is 1. The smallest absolute Gasteiger partial charge is 0.326 e. The van der Waals surface area contributed by atoms with Crippen LogP contribution in [0.5, 0.6) is 5.75 Å². The van der Waals surface area contributed by atoms with E-state index in [1.807, 2.05) is 0 Å². The fraction of sp³-hybridized carbons (Fsp3) is 0.407. The summed E-state index contributed by atoms with van der Waals surface area (Å²) in [5, 5.41) is 27.1. The molecular weight excluding hydrogens is 522 g/mol. The number of aliphatic carboxylic acids is 1. The van der Waals surface area contributed by atoms with E-state index in [-0.39, 0.29) is 30.8 Å². The van der Waals surface area contributed by atoms with Crippen molar-refractivity contribution in [2.45, 2.75) is 56.3 Å². The largest absolute Gasteiger partial charge is 0.508 e. The van der Waals surface area contributed by atoms with Crippen LogP contribution in [-0.2, 0) is 32.0 Å². The van der Waals surface area contributed by atoms with Crippen molar-refractivity contribution >= 4 is 36.3 Å². The Labute approximate surface area is 233 Å². The number of aromatic hydroxyl groups is 1. The fourth-order valence-corrected chi connectivity index (χ4v) is 3.96. The number of rotatable bonds is 16. The van der Waals surface area contributed by atoms with Gasteiger partial charge in [-0.05, 0) is 49.1 Å². The molecule has 11 nitrogen and oxygen atoms in total. The topological polar surface area (TPSA) is 197 Å². The molecule has 4 unspecified atom stereocenters. The Hall–Kier alpha value is -3.61. The zero-order chi connectivity index (χ0) is 28.8. The molecule has 4 atom stereocenters. The Morgan fingerprint density at radius 3 is 1.90 bits per heavy atom. The lowest BCUT2D eigenvalue weighted by Gasteiger charge is -2.25. The van der Waals surface area contributed by atoms with E-state index in [1.165, 1.54) is 12.1 Å². The van der Waals surface area contributed by atoms with Gasteiger partial charge in [-0.1, -0.05) is 42.5 Å². The number of thiol groups is 1. The average Bonchev–Trinajstić information content (AvgIpc) is 2.92. The van der Waals surface area contributed by atoms with Crippen molar-refractivity contribution in [1.29, 1.82) is 0 Å². The molecule has 3 amide bonds. The van der Waals surface area contributed by atoms with Gasteiger partial charge in [-0.15, -0.1) is 0 Å². The van der Waals surface area contributed by atoms with Crippen LogP contribution < -0.4 is 27.4 Å². The summed E-state index contributed by atoms with van der Waals surface area (Å²) in [5.74, 6) is -3.02. The standard InChI is InChI=1S/C27H37N5O6S/c28-13-5-4-8-21(25(35)32-23(27(37)38)15-17-6-2-1-3-7-17)30-26(36)22(31-24(34)20(29)16-39)14-18-9-11-19(33)12-10-18/h1-3,6-7,9-12,20-23,33,39H,4-5,8,13-16,28-29H2,(H,30,36)(H,31,34)(H,32,35)(H,37,38). The molecule has 212 valence electrons. The van der Waals surface area contributed by atoms with Crippen LogP contribution in [0.15, 0.2) is 54.6 Å². The number of nitrogens with two attached hydrogens (primary N) is 2. The van der Waals surface area contributed by atoms with Crippen LogP contribution >= 0.6 is 12.6 Å². The average molecular weight is 560 g/mol. The van der Waals surface area contributed by atoms with E-state index in [2.05, 4.69) is 28.6 Å². The molecule has 0 aliphatic heterocycles. The summed E-state index contributed by atoms with van der Waals surface area (Å²) in [5.41, 5.74) is 12.7. The van der Waals surface area contributed by atoms with Crippen molar-refractivity contribution in [1.82, 2.24) is 16.0 Å². The lowest BCUT2D eigenvalue weighted by molar-refractivity contribution is -0.142. The van der Waals surface area contributed by atoms with Crippen LogP contribution in [0.3, 0.4) is 0 Å². The highest BCUT2D eigenvalue weighted by Crippen LogP contribution is 2.12. The third kappa shape index (κ3) is 11.0. The lowest BCUT2D eigenvalue weighted by Crippen LogP contribution is -2.58. The molecule has 12 heteroatoms. The van der Waals surface area contributed by atoms with Crippen LogP contribution in [0.4, 0.5) is 0 Å². The second kappa shape index (κ2) is 16.4. The van der Waals surface area contributed by atoms with Crippen LogP contribution in [-0.4, -0.2) is 70.4 Å². The summed E-state index contributed by atoms with van der Waals surface area (Å²) < 4.78 is 0. The third-order valence-corrected chi connectivity index (χ3v) is 6.41. The van der Waals surface area contributed by atoms with Gasteiger partial charge in [0.1, 0.15) is 23.9 Å². The van der Waals surface area contributed by atoms with Crippen LogP contribution in [0, 0.1) is 0 Å². The van der Waals surface area contributed by atoms with Crippen molar-refractivity contribution in [2.75, 3.05) is 12.3 Å². The van der Waals surface area contributed by atoms with Crippen LogP contribution in [0.25, 0.3) is 0 Å². The van der Waals surface area contributed by atoms with E-state index in [0.29, 0.717) is 24.9 Å². The van der Waals surface area contributed by atoms with Gasteiger partial charge in [0.25, 0.3) is 0 Å². The maximum absolute atomic E-state index is 13.4. The van der Waals surface area contributed by atoms with Gasteiger partial charge in [0.15, 0.2) is 0 Å². The molecule has 2 rings (SSSR count). The predicted molar refractivity (Wildman–Crippen MR) is 150 cm³/mol. The van der Waals surface area contributed by atoms with E-state index in [1.54, 1.807) is 42.5 Å². The molecule has 0 bridgehead atoms. The van der Waals surface area contributed by atoms with Crippen molar-refractivity contribution in [3.8, 4) is 5.75 Å². The first-order valence-corrected chi connectivity index (χ1v) is 13.3. The Balaban J connectivity index is 2.22. The van der Waals surface area contributed by atoms with Gasteiger partial charge in [0, 0.05) is 18.6 Å². The number of carboxylic acid groups (broad SMARTS) is 1. The summed E-state index contributed by atoms with van der Waals surface area (Å²) in [7, 11) is 0. The SMILES string of the molecule is NCCCCC(NC(=O)C(Cc1ccc(O)cc1)NC(=O)C(N)CS)C(=O)NC(Cc1ccccc1)C(=O)O. The van der Waals surface area contributed by atoms with Gasteiger partial charge in [-0.3, -0.25) is 14.4 Å². The maximum Gasteiger partial charge on any atom is 0.326 e. The van der Waals surface area contributed by atoms with Crippen LogP contribution in [0.1, 0.15) is 30.4 Å². The van der Waals surface area contributed by atoms with Crippen molar-refractivity contribution in [2.24, 2.45) is 11.5 Å². The number of phenols is 1. The first-order valence-electron chi connectivity index (χ1n) is 12.7. The molecule has 9 N–H and O–H groups in total. The molecule has 2 aromatic carbocycles. The van der Waals surface area contributed by atoms with Gasteiger partial charge in [-0.25, -0.2) is 4.79 Å². The molecule has 0 fully saturated rings. The second-order valence-corrected chi connectivity index (χ2v) is 9.52. The molecule has 0 radical (unpaired) electrons. The first kappa shape index (κ1) is 31.6. The summed E-state index contributed by atoms with van der Waals surface area (Å²) in [6.07, 6.45) is 1.43. The van der Waals surface area contributed by atoms with Crippen LogP contribution in [0.2, 0.25) is 0 Å². The summed E-state index contributed by atoms with van der Waals surface area (Å²) in [6.45, 7) is 0.384. The molecule has 39 heavy (non-hydrogen) atoms. The number of hydrogen-bond donors (Lipinski definition) is 8. The summed E-state index contributed by atoms with van der Waals surface area (Å²) in [6, 6.07) is 10.6. The van der Waals surface area contributed by atoms with Gasteiger partial charge >= 0.3 is 5.97 Å². The molecule has 0 aliphatic carbocycles. The van der Waals surface area contributed by atoms with Crippen molar-refractivity contribution < 1.29 is 29.4 Å². The first-order chi connectivity index (χ1) is 18.6. The minimum atomic E-state index is -1.21. The normalized spacial score (nSPS) is 13.9. The Morgan fingerprint density at radius 2 is 1.31 bits per heavy atom. The van der Waals surface area contributed by atoms with Crippen molar-refractivity contribution in [3.05, 3.63) is 65.7 Å². The van der Waals surface area contributed by atoms with Gasteiger partial charge < -0.3 is 37.6 Å². The maximum atomic E-state index is 13.4. The zero-order valence-corrected chi connectivity index (χ0v) is 22.5. The van der Waals surface area contributed by atoms with Crippen molar-refractivity contribution in [3.63, 3.8) is 0 Å². The number of carboxylic acids is 1.